The molecule has 12 heterocycles. The van der Waals surface area contributed by atoms with E-state index >= 15 is 0 Å². The zero-order valence-electron chi connectivity index (χ0n) is 57.1. The maximum absolute atomic E-state index is 13.3. The Bertz CT molecular complexity index is 5010. The lowest BCUT2D eigenvalue weighted by Gasteiger charge is -2.06. The molecule has 12 aromatic heterocycles. The number of hydrogen-bond donors (Lipinski definition) is 6. The second-order valence-electron chi connectivity index (χ2n) is 21.8. The standard InChI is InChI=1S/C12H12ClN3OS.C12H13N3OS.C11H9Cl2N3OS.2C11H9F2N3OS.C11H10FN3OS/c1-7-3-4-14-11(13)9(7)6-18-12-15-8(2)5-10(17)16-12;1-8-3-4-13-6-10(8)7-17-12-14-9(2)5-11(16)15-12;2*1-6-2-9(17)16-11(15-6)18-5-7-3-14-4-8(12)10(7)13;1-6-4-9(17)16-11(15-6)18-5-7-8(12)2-3-14-10(7)13;1-7-5-10(16)15-11(14-7)17-6-9-8(12)3-2-4-13-9/h3-5H,6H2,1-2H3,(H,15,16,17);3-6H,7H2,1-2H3,(H,14,15,16);3*2-4H,5H2,1H3,(H,15,16,17);2-5H,6H2,1H3,(H,14,15,16). The summed E-state index contributed by atoms with van der Waals surface area (Å²) in [5, 5.41) is 4.35. The van der Waals surface area contributed by atoms with E-state index in [1.807, 2.05) is 39.1 Å². The van der Waals surface area contributed by atoms with E-state index in [4.69, 9.17) is 34.8 Å². The third-order valence-corrected chi connectivity index (χ3v) is 19.8. The van der Waals surface area contributed by atoms with Gasteiger partial charge in [-0.15, -0.1) is 0 Å². The number of halogens is 8. The van der Waals surface area contributed by atoms with Crippen LogP contribution in [0, 0.1) is 84.6 Å². The predicted octanol–water partition coefficient (Wildman–Crippen LogP) is 13.9. The molecule has 0 saturated heterocycles. The third-order valence-electron chi connectivity index (χ3n) is 13.2. The summed E-state index contributed by atoms with van der Waals surface area (Å²) in [5.41, 5.74) is 8.23. The number of thioether (sulfide) groups is 6. The fourth-order valence-corrected chi connectivity index (χ4v) is 14.5. The molecule has 0 aromatic carbocycles. The minimum absolute atomic E-state index is 0.0118. The molecular formula is C68H62Cl3F5N18O6S6. The summed E-state index contributed by atoms with van der Waals surface area (Å²) in [6.07, 6.45) is 13.1. The van der Waals surface area contributed by atoms with E-state index < -0.39 is 23.4 Å². The number of pyridine rings is 6. The van der Waals surface area contributed by atoms with Gasteiger partial charge in [-0.2, -0.15) is 4.39 Å². The Morgan fingerprint density at radius 3 is 1.18 bits per heavy atom. The molecule has 0 aliphatic heterocycles. The maximum Gasteiger partial charge on any atom is 0.251 e. The molecule has 12 rings (SSSR count). The van der Waals surface area contributed by atoms with E-state index in [1.165, 1.54) is 120 Å². The van der Waals surface area contributed by atoms with Crippen molar-refractivity contribution >= 4 is 105 Å². The Balaban J connectivity index is 0.000000178. The van der Waals surface area contributed by atoms with E-state index in [-0.39, 0.29) is 61.8 Å². The van der Waals surface area contributed by atoms with Crippen LogP contribution >= 0.6 is 105 Å². The molecule has 0 amide bonds. The third kappa shape index (κ3) is 28.6. The molecule has 24 nitrogen and oxygen atoms in total. The van der Waals surface area contributed by atoms with Crippen molar-refractivity contribution in [3.05, 3.63) is 308 Å². The number of nitrogens with zero attached hydrogens (tertiary/aromatic N) is 12. The highest BCUT2D eigenvalue weighted by Crippen LogP contribution is 2.30. The van der Waals surface area contributed by atoms with Gasteiger partial charge in [0, 0.05) is 171 Å². The van der Waals surface area contributed by atoms with Gasteiger partial charge < -0.3 is 29.9 Å². The summed E-state index contributed by atoms with van der Waals surface area (Å²) < 4.78 is 66.1. The highest BCUT2D eigenvalue weighted by Gasteiger charge is 2.15. The van der Waals surface area contributed by atoms with Crippen molar-refractivity contribution in [2.75, 3.05) is 0 Å². The predicted molar refractivity (Wildman–Crippen MR) is 405 cm³/mol. The zero-order valence-corrected chi connectivity index (χ0v) is 64.2. The molecule has 0 atom stereocenters. The topological polar surface area (TPSA) is 352 Å². The Morgan fingerprint density at radius 2 is 0.745 bits per heavy atom. The van der Waals surface area contributed by atoms with Crippen LogP contribution in [0.5, 0.6) is 0 Å². The molecule has 0 aliphatic carbocycles. The second kappa shape index (κ2) is 42.2. The van der Waals surface area contributed by atoms with E-state index in [2.05, 4.69) is 89.7 Å². The molecule has 0 fully saturated rings. The zero-order chi connectivity index (χ0) is 77.0. The van der Waals surface area contributed by atoms with Gasteiger partial charge in [-0.3, -0.25) is 48.7 Å². The Kier molecular flexibility index (Phi) is 33.5. The van der Waals surface area contributed by atoms with Crippen molar-refractivity contribution in [3.63, 3.8) is 0 Å². The molecule has 12 aromatic rings. The first-order valence-electron chi connectivity index (χ1n) is 30.7. The average Bonchev–Trinajstić information content (AvgIpc) is 0.864. The minimum atomic E-state index is -0.987. The summed E-state index contributed by atoms with van der Waals surface area (Å²) >= 11 is 25.7. The summed E-state index contributed by atoms with van der Waals surface area (Å²) in [6, 6.07) is 16.4. The van der Waals surface area contributed by atoms with Gasteiger partial charge in [0.05, 0.1) is 27.5 Å². The number of aryl methyl sites for hydroxylation is 8. The van der Waals surface area contributed by atoms with Crippen LogP contribution in [0.1, 0.15) is 78.8 Å². The lowest BCUT2D eigenvalue weighted by atomic mass is 10.2. The fraction of sp³-hybridized carbons (Fsp3) is 0.206. The van der Waals surface area contributed by atoms with Crippen molar-refractivity contribution in [3.8, 4) is 0 Å². The van der Waals surface area contributed by atoms with Gasteiger partial charge in [-0.25, -0.2) is 57.4 Å². The number of aromatic amines is 6. The maximum atomic E-state index is 13.3. The first kappa shape index (κ1) is 84.1. The van der Waals surface area contributed by atoms with Gasteiger partial charge in [-0.1, -0.05) is 105 Å². The SMILES string of the molecule is Cc1cc(=O)[nH]c(SCc2c(C)ccnc2Cl)n1.Cc1cc(=O)[nH]c(SCc2c(F)ccnc2F)n1.Cc1cc(=O)[nH]c(SCc2cncc(Cl)c2Cl)n1.Cc1cc(=O)[nH]c(SCc2cncc(F)c2F)n1.Cc1cc(=O)[nH]c(SCc2cnccc2C)n1.Cc1cc(=O)[nH]c(SCc2ncccc2F)n1. The second-order valence-corrected chi connectivity index (χ2v) is 28.7. The summed E-state index contributed by atoms with van der Waals surface area (Å²) in [7, 11) is 0. The van der Waals surface area contributed by atoms with Crippen molar-refractivity contribution in [1.29, 1.82) is 0 Å². The van der Waals surface area contributed by atoms with Crippen LogP contribution in [0.15, 0.2) is 182 Å². The van der Waals surface area contributed by atoms with Crippen LogP contribution in [0.4, 0.5) is 22.0 Å². The van der Waals surface area contributed by atoms with Crippen molar-refractivity contribution in [2.24, 2.45) is 0 Å². The van der Waals surface area contributed by atoms with Gasteiger partial charge in [-0.05, 0) is 102 Å². The molecule has 6 N–H and O–H groups in total. The van der Waals surface area contributed by atoms with Crippen molar-refractivity contribution < 1.29 is 22.0 Å². The van der Waals surface area contributed by atoms with Crippen LogP contribution in [0.2, 0.25) is 15.2 Å². The summed E-state index contributed by atoms with van der Waals surface area (Å²) in [5.74, 6) is -1.36. The average molecular weight is 1620 g/mol. The molecular weight excluding hydrogens is 1560 g/mol. The molecule has 0 bridgehead atoms. The Hall–Kier alpha value is -9.20. The smallest absolute Gasteiger partial charge is 0.251 e. The van der Waals surface area contributed by atoms with Gasteiger partial charge >= 0.3 is 0 Å². The number of hydrogen-bond acceptors (Lipinski definition) is 24. The quantitative estimate of drug-likeness (QED) is 0.0201. The lowest BCUT2D eigenvalue weighted by Crippen LogP contribution is -2.08. The molecule has 106 heavy (non-hydrogen) atoms. The largest absolute Gasteiger partial charge is 0.301 e. The van der Waals surface area contributed by atoms with E-state index in [9.17, 15) is 50.7 Å². The fourth-order valence-electron chi connectivity index (χ4n) is 8.17. The Morgan fingerprint density at radius 1 is 0.358 bits per heavy atom. The molecule has 552 valence electrons. The van der Waals surface area contributed by atoms with Crippen LogP contribution in [0.25, 0.3) is 0 Å². The molecule has 0 spiro atoms. The number of H-pyrrole nitrogens is 6. The van der Waals surface area contributed by atoms with Crippen LogP contribution in [-0.4, -0.2) is 89.7 Å². The highest BCUT2D eigenvalue weighted by molar-refractivity contribution is 7.99. The highest BCUT2D eigenvalue weighted by atomic mass is 35.5. The molecule has 0 unspecified atom stereocenters. The first-order valence-corrected chi connectivity index (χ1v) is 37.8. The Labute approximate surface area is 641 Å². The molecule has 38 heteroatoms. The van der Waals surface area contributed by atoms with Crippen LogP contribution in [-0.2, 0) is 34.5 Å². The van der Waals surface area contributed by atoms with E-state index in [0.29, 0.717) is 97.6 Å². The van der Waals surface area contributed by atoms with E-state index in [0.717, 1.165) is 75.7 Å². The monoisotopic (exact) mass is 1620 g/mol. The molecule has 0 saturated carbocycles. The van der Waals surface area contributed by atoms with Gasteiger partial charge in [0.15, 0.2) is 42.6 Å². The molecule has 0 aliphatic rings. The lowest BCUT2D eigenvalue weighted by molar-refractivity contribution is 0.497. The van der Waals surface area contributed by atoms with Gasteiger partial charge in [0.1, 0.15) is 16.8 Å². The number of rotatable bonds is 18. The van der Waals surface area contributed by atoms with Crippen molar-refractivity contribution in [2.45, 2.75) is 121 Å². The minimum Gasteiger partial charge on any atom is -0.301 e. The van der Waals surface area contributed by atoms with Gasteiger partial charge in [0.2, 0.25) is 5.95 Å². The number of aromatic nitrogens is 18. The number of nitrogens with one attached hydrogen (secondary N) is 6. The van der Waals surface area contributed by atoms with Gasteiger partial charge in [0.25, 0.3) is 33.4 Å². The first-order chi connectivity index (χ1) is 50.5. The summed E-state index contributed by atoms with van der Waals surface area (Å²) in [6.45, 7) is 14.5. The van der Waals surface area contributed by atoms with Crippen molar-refractivity contribution in [1.82, 2.24) is 89.7 Å². The van der Waals surface area contributed by atoms with E-state index in [1.54, 1.807) is 53.2 Å². The van der Waals surface area contributed by atoms with Crippen LogP contribution < -0.4 is 33.4 Å². The summed E-state index contributed by atoms with van der Waals surface area (Å²) in [4.78, 5) is 131. The normalized spacial score (nSPS) is 10.6. The van der Waals surface area contributed by atoms with Crippen LogP contribution in [0.3, 0.4) is 0 Å². The molecule has 0 radical (unpaired) electrons.